The first-order valence-electron chi connectivity index (χ1n) is 9.98. The van der Waals surface area contributed by atoms with Gasteiger partial charge in [0, 0.05) is 13.1 Å². The van der Waals surface area contributed by atoms with E-state index in [0.29, 0.717) is 0 Å². The quantitative estimate of drug-likeness (QED) is 0.349. The molecule has 1 aliphatic rings. The first kappa shape index (κ1) is 23.1. The van der Waals surface area contributed by atoms with E-state index in [-0.39, 0.29) is 43.8 Å². The van der Waals surface area contributed by atoms with Crippen molar-refractivity contribution in [2.45, 2.75) is 52.7 Å². The third-order valence-corrected chi connectivity index (χ3v) is 4.13. The lowest BCUT2D eigenvalue weighted by Crippen LogP contribution is -2.35. The summed E-state index contributed by atoms with van der Waals surface area (Å²) >= 11 is 0. The lowest BCUT2D eigenvalue weighted by Gasteiger charge is -2.17. The Labute approximate surface area is 176 Å². The molecular formula is C22H28N2O6. The highest BCUT2D eigenvalue weighted by atomic mass is 16.5. The van der Waals surface area contributed by atoms with Crippen molar-refractivity contribution in [1.82, 2.24) is 9.80 Å². The van der Waals surface area contributed by atoms with E-state index in [2.05, 4.69) is 0 Å². The highest BCUT2D eigenvalue weighted by Gasteiger charge is 2.41. The molecule has 0 N–H and O–H groups in total. The number of urea groups is 1. The molecule has 1 heterocycles. The van der Waals surface area contributed by atoms with Crippen molar-refractivity contribution >= 4 is 30.0 Å². The van der Waals surface area contributed by atoms with Gasteiger partial charge in [0.25, 0.3) is 5.91 Å². The number of amides is 3. The van der Waals surface area contributed by atoms with Gasteiger partial charge in [-0.05, 0) is 39.3 Å². The molecule has 0 aromatic heterocycles. The Bertz CT molecular complexity index is 816. The summed E-state index contributed by atoms with van der Waals surface area (Å²) in [4.78, 5) is 51.8. The maximum absolute atomic E-state index is 12.9. The predicted molar refractivity (Wildman–Crippen MR) is 110 cm³/mol. The average Bonchev–Trinajstić information content (AvgIpc) is 2.88. The van der Waals surface area contributed by atoms with Gasteiger partial charge in [-0.2, -0.15) is 0 Å². The second kappa shape index (κ2) is 10.6. The number of ether oxygens (including phenoxy) is 2. The maximum Gasteiger partial charge on any atom is 0.331 e. The molecule has 8 nitrogen and oxygen atoms in total. The minimum atomic E-state index is -0.572. The topological polar surface area (TPSA) is 93.2 Å². The van der Waals surface area contributed by atoms with Gasteiger partial charge < -0.3 is 9.47 Å². The van der Waals surface area contributed by atoms with Crippen LogP contribution in [0.15, 0.2) is 36.0 Å². The van der Waals surface area contributed by atoms with Gasteiger partial charge in [0.05, 0.1) is 25.0 Å². The summed E-state index contributed by atoms with van der Waals surface area (Å²) in [5.41, 5.74) is 0.894. The molecule has 0 aliphatic carbocycles. The molecule has 3 amide bonds. The largest absolute Gasteiger partial charge is 0.463 e. The lowest BCUT2D eigenvalue weighted by molar-refractivity contribution is -0.148. The van der Waals surface area contributed by atoms with Gasteiger partial charge in [0.15, 0.2) is 0 Å². The summed E-state index contributed by atoms with van der Waals surface area (Å²) in [6, 6.07) is 8.51. The van der Waals surface area contributed by atoms with Crippen molar-refractivity contribution < 1.29 is 28.7 Å². The van der Waals surface area contributed by atoms with Gasteiger partial charge in [0.1, 0.15) is 5.70 Å². The number of carbonyl (C=O) groups is 4. The van der Waals surface area contributed by atoms with Crippen LogP contribution in [0.2, 0.25) is 0 Å². The Morgan fingerprint density at radius 1 is 0.867 bits per heavy atom. The summed E-state index contributed by atoms with van der Waals surface area (Å²) in [6.45, 7) is 6.83. The minimum absolute atomic E-state index is 0.00172. The molecule has 0 saturated carbocycles. The molecule has 0 bridgehead atoms. The highest BCUT2D eigenvalue weighted by molar-refractivity contribution is 6.14. The van der Waals surface area contributed by atoms with Crippen molar-refractivity contribution in [2.24, 2.45) is 0 Å². The van der Waals surface area contributed by atoms with Gasteiger partial charge in [0.2, 0.25) is 0 Å². The van der Waals surface area contributed by atoms with Crippen LogP contribution in [0.3, 0.4) is 0 Å². The van der Waals surface area contributed by atoms with E-state index in [9.17, 15) is 19.2 Å². The Kier molecular flexibility index (Phi) is 8.15. The number of carbonyl (C=O) groups excluding carboxylic acids is 4. The standard InChI is InChI=1S/C22H28N2O6/c1-15(2)29-19(25)10-12-23-18(14-17-8-6-5-7-9-17)21(27)24(22(23)28)13-11-20(26)30-16(3)4/h5-9,14-16H,10-13H2,1-4H3/b18-14+. The van der Waals surface area contributed by atoms with E-state index in [1.54, 1.807) is 45.9 Å². The second-order valence-corrected chi connectivity index (χ2v) is 7.41. The van der Waals surface area contributed by atoms with Crippen LogP contribution in [0.1, 0.15) is 46.1 Å². The van der Waals surface area contributed by atoms with Crippen molar-refractivity contribution in [1.29, 1.82) is 0 Å². The molecule has 1 aliphatic heterocycles. The highest BCUT2D eigenvalue weighted by Crippen LogP contribution is 2.24. The number of benzene rings is 1. The summed E-state index contributed by atoms with van der Waals surface area (Å²) < 4.78 is 10.2. The van der Waals surface area contributed by atoms with E-state index < -0.39 is 23.9 Å². The second-order valence-electron chi connectivity index (χ2n) is 7.41. The Hall–Kier alpha value is -3.16. The molecule has 0 unspecified atom stereocenters. The number of rotatable bonds is 9. The molecule has 2 rings (SSSR count). The van der Waals surface area contributed by atoms with E-state index in [1.165, 1.54) is 4.90 Å². The molecule has 162 valence electrons. The van der Waals surface area contributed by atoms with Crippen LogP contribution >= 0.6 is 0 Å². The zero-order valence-electron chi connectivity index (χ0n) is 17.8. The Balaban J connectivity index is 2.19. The monoisotopic (exact) mass is 416 g/mol. The SMILES string of the molecule is CC(C)OC(=O)CCN1C(=O)/C(=C\c2ccccc2)N(CCC(=O)OC(C)C)C1=O. The average molecular weight is 416 g/mol. The van der Waals surface area contributed by atoms with Gasteiger partial charge in [-0.3, -0.25) is 24.2 Å². The fourth-order valence-electron chi connectivity index (χ4n) is 2.90. The molecule has 1 saturated heterocycles. The number of esters is 2. The van der Waals surface area contributed by atoms with Crippen LogP contribution in [0.25, 0.3) is 6.08 Å². The van der Waals surface area contributed by atoms with Crippen molar-refractivity contribution in [3.8, 4) is 0 Å². The maximum atomic E-state index is 12.9. The number of hydrogen-bond acceptors (Lipinski definition) is 6. The molecule has 30 heavy (non-hydrogen) atoms. The van der Waals surface area contributed by atoms with E-state index in [4.69, 9.17) is 9.47 Å². The molecule has 0 radical (unpaired) electrons. The molecule has 0 spiro atoms. The number of hydrogen-bond donors (Lipinski definition) is 0. The number of nitrogens with zero attached hydrogens (tertiary/aromatic N) is 2. The smallest absolute Gasteiger partial charge is 0.331 e. The lowest BCUT2D eigenvalue weighted by atomic mass is 10.2. The molecule has 1 aromatic rings. The van der Waals surface area contributed by atoms with E-state index in [0.717, 1.165) is 10.5 Å². The Morgan fingerprint density at radius 3 is 1.87 bits per heavy atom. The van der Waals surface area contributed by atoms with Crippen molar-refractivity contribution in [3.63, 3.8) is 0 Å². The van der Waals surface area contributed by atoms with Crippen LogP contribution in [0.4, 0.5) is 4.79 Å². The first-order valence-corrected chi connectivity index (χ1v) is 9.98. The predicted octanol–water partition coefficient (Wildman–Crippen LogP) is 2.98. The summed E-state index contributed by atoms with van der Waals surface area (Å²) in [5, 5.41) is 0. The van der Waals surface area contributed by atoms with E-state index >= 15 is 0 Å². The van der Waals surface area contributed by atoms with Crippen LogP contribution in [-0.4, -0.2) is 59.0 Å². The fourth-order valence-corrected chi connectivity index (χ4v) is 2.90. The van der Waals surface area contributed by atoms with Crippen LogP contribution in [0, 0.1) is 0 Å². The van der Waals surface area contributed by atoms with Crippen molar-refractivity contribution in [2.75, 3.05) is 13.1 Å². The molecular weight excluding hydrogens is 388 g/mol. The molecule has 1 fully saturated rings. The Morgan fingerprint density at radius 2 is 1.37 bits per heavy atom. The molecule has 0 atom stereocenters. The van der Waals surface area contributed by atoms with Crippen LogP contribution in [-0.2, 0) is 23.9 Å². The van der Waals surface area contributed by atoms with Gasteiger partial charge in [-0.15, -0.1) is 0 Å². The van der Waals surface area contributed by atoms with Crippen LogP contribution in [0.5, 0.6) is 0 Å². The molecule has 1 aromatic carbocycles. The van der Waals surface area contributed by atoms with Crippen LogP contribution < -0.4 is 0 Å². The number of imide groups is 1. The summed E-state index contributed by atoms with van der Waals surface area (Å²) in [6.07, 6.45) is 0.903. The van der Waals surface area contributed by atoms with E-state index in [1.807, 2.05) is 18.2 Å². The summed E-state index contributed by atoms with van der Waals surface area (Å²) in [7, 11) is 0. The normalized spacial score (nSPS) is 15.5. The zero-order chi connectivity index (χ0) is 22.3. The van der Waals surface area contributed by atoms with Gasteiger partial charge in [-0.1, -0.05) is 30.3 Å². The third kappa shape index (κ3) is 6.43. The first-order chi connectivity index (χ1) is 14.2. The fraction of sp³-hybridized carbons (Fsp3) is 0.455. The zero-order valence-corrected chi connectivity index (χ0v) is 17.8. The summed E-state index contributed by atoms with van der Waals surface area (Å²) in [5.74, 6) is -1.46. The van der Waals surface area contributed by atoms with Crippen molar-refractivity contribution in [3.05, 3.63) is 41.6 Å². The van der Waals surface area contributed by atoms with Gasteiger partial charge >= 0.3 is 18.0 Å². The minimum Gasteiger partial charge on any atom is -0.463 e. The molecule has 8 heteroatoms. The van der Waals surface area contributed by atoms with Gasteiger partial charge in [-0.25, -0.2) is 4.79 Å². The third-order valence-electron chi connectivity index (χ3n) is 4.13.